The van der Waals surface area contributed by atoms with Gasteiger partial charge in [-0.3, -0.25) is 0 Å². The van der Waals surface area contributed by atoms with E-state index >= 15 is 0 Å². The molecular formula is C18H18N2OS. The maximum Gasteiger partial charge on any atom is 0.134 e. The molecule has 0 N–H and O–H groups in total. The van der Waals surface area contributed by atoms with Crippen molar-refractivity contribution in [1.29, 1.82) is 0 Å². The fourth-order valence-corrected chi connectivity index (χ4v) is 3.44. The van der Waals surface area contributed by atoms with Crippen molar-refractivity contribution in [3.8, 4) is 0 Å². The lowest BCUT2D eigenvalue weighted by Crippen LogP contribution is -2.15. The molecular weight excluding hydrogens is 292 g/mol. The van der Waals surface area contributed by atoms with E-state index in [0.29, 0.717) is 0 Å². The third kappa shape index (κ3) is 2.79. The lowest BCUT2D eigenvalue weighted by atomic mass is 9.95. The number of fused-ring (bicyclic) bond motifs is 1. The topological polar surface area (TPSA) is 42.9 Å². The molecule has 0 aliphatic carbocycles. The van der Waals surface area contributed by atoms with Crippen molar-refractivity contribution in [2.75, 3.05) is 0 Å². The summed E-state index contributed by atoms with van der Waals surface area (Å²) in [5.41, 5.74) is 0.727. The van der Waals surface area contributed by atoms with Crippen molar-refractivity contribution in [3.05, 3.63) is 60.6 Å². The lowest BCUT2D eigenvalue weighted by molar-refractivity contribution is 0.548. The normalized spacial score (nSPS) is 13.2. The molecule has 1 unspecified atom stereocenters. The van der Waals surface area contributed by atoms with Crippen molar-refractivity contribution in [1.82, 2.24) is 9.97 Å². The minimum Gasteiger partial charge on any atom is -0.249 e. The average Bonchev–Trinajstić information content (AvgIpc) is 2.53. The number of rotatable bonds is 2. The zero-order valence-electron chi connectivity index (χ0n) is 12.9. The van der Waals surface area contributed by atoms with Gasteiger partial charge < -0.3 is 0 Å². The van der Waals surface area contributed by atoms with Gasteiger partial charge in [0.05, 0.1) is 21.2 Å². The molecule has 3 rings (SSSR count). The van der Waals surface area contributed by atoms with Gasteiger partial charge in [-0.1, -0.05) is 45.0 Å². The standard InChI is InChI=1S/C18H18N2OS/c1-18(2,3)17-19-12-14-15(20-17)10-7-11-16(14)22(21)13-8-5-4-6-9-13/h4-12H,1-3H3. The Morgan fingerprint density at radius 2 is 1.68 bits per heavy atom. The van der Waals surface area contributed by atoms with Gasteiger partial charge in [-0.15, -0.1) is 0 Å². The molecule has 0 fully saturated rings. The summed E-state index contributed by atoms with van der Waals surface area (Å²) in [6.45, 7) is 6.25. The Balaban J connectivity index is 2.14. The van der Waals surface area contributed by atoms with Crippen LogP contribution < -0.4 is 0 Å². The Labute approximate surface area is 132 Å². The first-order chi connectivity index (χ1) is 10.5. The molecule has 4 heteroatoms. The van der Waals surface area contributed by atoms with Gasteiger partial charge in [0, 0.05) is 21.9 Å². The molecule has 0 saturated carbocycles. The minimum atomic E-state index is -1.23. The van der Waals surface area contributed by atoms with Crippen molar-refractivity contribution in [2.45, 2.75) is 36.0 Å². The molecule has 0 aliphatic rings. The van der Waals surface area contributed by atoms with Crippen LogP contribution >= 0.6 is 0 Å². The highest BCUT2D eigenvalue weighted by Gasteiger charge is 2.19. The Bertz CT molecular complexity index is 839. The van der Waals surface area contributed by atoms with Crippen LogP contribution in [0.5, 0.6) is 0 Å². The van der Waals surface area contributed by atoms with Gasteiger partial charge in [0.25, 0.3) is 0 Å². The summed E-state index contributed by atoms with van der Waals surface area (Å²) in [4.78, 5) is 10.6. The van der Waals surface area contributed by atoms with E-state index in [1.54, 1.807) is 6.20 Å². The highest BCUT2D eigenvalue weighted by Crippen LogP contribution is 2.26. The summed E-state index contributed by atoms with van der Waals surface area (Å²) in [6.07, 6.45) is 1.79. The largest absolute Gasteiger partial charge is 0.249 e. The molecule has 0 bridgehead atoms. The summed E-state index contributed by atoms with van der Waals surface area (Å²) >= 11 is 0. The van der Waals surface area contributed by atoms with Gasteiger partial charge in [-0.25, -0.2) is 14.2 Å². The van der Waals surface area contributed by atoms with E-state index in [2.05, 4.69) is 30.7 Å². The second-order valence-electron chi connectivity index (χ2n) is 6.21. The summed E-state index contributed by atoms with van der Waals surface area (Å²) in [5, 5.41) is 0.845. The second kappa shape index (κ2) is 5.61. The SMILES string of the molecule is CC(C)(C)c1ncc2c(S(=O)c3ccccc3)cccc2n1. The highest BCUT2D eigenvalue weighted by atomic mass is 32.2. The summed E-state index contributed by atoms with van der Waals surface area (Å²) in [5.74, 6) is 0.794. The Kier molecular flexibility index (Phi) is 3.79. The third-order valence-corrected chi connectivity index (χ3v) is 4.87. The van der Waals surface area contributed by atoms with Crippen molar-refractivity contribution in [2.24, 2.45) is 0 Å². The van der Waals surface area contributed by atoms with Gasteiger partial charge in [-0.05, 0) is 24.3 Å². The highest BCUT2D eigenvalue weighted by molar-refractivity contribution is 7.85. The van der Waals surface area contributed by atoms with Crippen LogP contribution in [0.3, 0.4) is 0 Å². The second-order valence-corrected chi connectivity index (χ2v) is 7.66. The fraction of sp³-hybridized carbons (Fsp3) is 0.222. The van der Waals surface area contributed by atoms with Crippen LogP contribution in [0.15, 0.2) is 64.5 Å². The van der Waals surface area contributed by atoms with Crippen LogP contribution in [0.1, 0.15) is 26.6 Å². The Morgan fingerprint density at radius 3 is 2.36 bits per heavy atom. The van der Waals surface area contributed by atoms with E-state index in [1.807, 2.05) is 48.5 Å². The monoisotopic (exact) mass is 310 g/mol. The first-order valence-corrected chi connectivity index (χ1v) is 8.35. The molecule has 3 aromatic rings. The van der Waals surface area contributed by atoms with Crippen LogP contribution in [-0.4, -0.2) is 14.2 Å². The third-order valence-electron chi connectivity index (χ3n) is 3.41. The van der Waals surface area contributed by atoms with E-state index in [0.717, 1.165) is 26.5 Å². The quantitative estimate of drug-likeness (QED) is 0.716. The van der Waals surface area contributed by atoms with Gasteiger partial charge >= 0.3 is 0 Å². The molecule has 0 saturated heterocycles. The zero-order valence-corrected chi connectivity index (χ0v) is 13.7. The predicted octanol–water partition coefficient (Wildman–Crippen LogP) is 4.09. The number of aromatic nitrogens is 2. The van der Waals surface area contributed by atoms with Gasteiger partial charge in [-0.2, -0.15) is 0 Å². The van der Waals surface area contributed by atoms with Crippen molar-refractivity contribution < 1.29 is 4.21 Å². The molecule has 112 valence electrons. The molecule has 0 radical (unpaired) electrons. The molecule has 1 heterocycles. The first kappa shape index (κ1) is 14.9. The molecule has 3 nitrogen and oxygen atoms in total. The van der Waals surface area contributed by atoms with Crippen molar-refractivity contribution >= 4 is 21.7 Å². The van der Waals surface area contributed by atoms with E-state index in [4.69, 9.17) is 0 Å². The Hall–Kier alpha value is -2.07. The van der Waals surface area contributed by atoms with Crippen LogP contribution in [0, 0.1) is 0 Å². The maximum atomic E-state index is 12.8. The summed E-state index contributed by atoms with van der Waals surface area (Å²) < 4.78 is 12.8. The average molecular weight is 310 g/mol. The molecule has 1 atom stereocenters. The zero-order chi connectivity index (χ0) is 15.7. The predicted molar refractivity (Wildman–Crippen MR) is 89.4 cm³/mol. The van der Waals surface area contributed by atoms with E-state index in [-0.39, 0.29) is 5.41 Å². The van der Waals surface area contributed by atoms with Crippen LogP contribution in [-0.2, 0) is 16.2 Å². The minimum absolute atomic E-state index is 0.108. The molecule has 0 spiro atoms. The number of hydrogen-bond donors (Lipinski definition) is 0. The maximum absolute atomic E-state index is 12.8. The van der Waals surface area contributed by atoms with Crippen LogP contribution in [0.2, 0.25) is 0 Å². The van der Waals surface area contributed by atoms with Gasteiger partial charge in [0.2, 0.25) is 0 Å². The molecule has 1 aromatic heterocycles. The van der Waals surface area contributed by atoms with Crippen LogP contribution in [0.4, 0.5) is 0 Å². The first-order valence-electron chi connectivity index (χ1n) is 7.20. The smallest absolute Gasteiger partial charge is 0.134 e. The number of hydrogen-bond acceptors (Lipinski definition) is 3. The summed E-state index contributed by atoms with van der Waals surface area (Å²) in [7, 11) is -1.23. The van der Waals surface area contributed by atoms with E-state index in [9.17, 15) is 4.21 Å². The fourth-order valence-electron chi connectivity index (χ4n) is 2.22. The molecule has 22 heavy (non-hydrogen) atoms. The van der Waals surface area contributed by atoms with Crippen LogP contribution in [0.25, 0.3) is 10.9 Å². The van der Waals surface area contributed by atoms with E-state index < -0.39 is 10.8 Å². The lowest BCUT2D eigenvalue weighted by Gasteiger charge is -2.17. The van der Waals surface area contributed by atoms with E-state index in [1.165, 1.54) is 0 Å². The molecule has 0 aliphatic heterocycles. The molecule has 0 amide bonds. The van der Waals surface area contributed by atoms with Crippen molar-refractivity contribution in [3.63, 3.8) is 0 Å². The number of nitrogens with zero attached hydrogens (tertiary/aromatic N) is 2. The van der Waals surface area contributed by atoms with Gasteiger partial charge in [0.15, 0.2) is 0 Å². The Morgan fingerprint density at radius 1 is 0.955 bits per heavy atom. The summed E-state index contributed by atoms with van der Waals surface area (Å²) in [6, 6.07) is 15.2. The number of benzene rings is 2. The van der Waals surface area contributed by atoms with Gasteiger partial charge in [0.1, 0.15) is 5.82 Å². The molecule has 2 aromatic carbocycles.